The second-order valence-corrected chi connectivity index (χ2v) is 12.5. The van der Waals surface area contributed by atoms with Gasteiger partial charge in [0.15, 0.2) is 17.5 Å². The Morgan fingerprint density at radius 2 is 0.833 bits per heavy atom. The van der Waals surface area contributed by atoms with E-state index in [1.54, 1.807) is 36.4 Å². The summed E-state index contributed by atoms with van der Waals surface area (Å²) in [5.74, 6) is 0.845. The van der Waals surface area contributed by atoms with Crippen molar-refractivity contribution in [3.05, 3.63) is 146 Å². The van der Waals surface area contributed by atoms with Crippen LogP contribution in [0.3, 0.4) is 0 Å². The van der Waals surface area contributed by atoms with E-state index >= 15 is 0 Å². The first-order valence-electron chi connectivity index (χ1n) is 18.2. The predicted molar refractivity (Wildman–Crippen MR) is 229 cm³/mol. The van der Waals surface area contributed by atoms with Gasteiger partial charge in [-0.3, -0.25) is 0 Å². The molecule has 9 aromatic rings. The van der Waals surface area contributed by atoms with Crippen molar-refractivity contribution in [3.63, 3.8) is 0 Å². The zero-order valence-corrected chi connectivity index (χ0v) is 34.3. The third-order valence-corrected chi connectivity index (χ3v) is 8.52. The summed E-state index contributed by atoms with van der Waals surface area (Å²) >= 11 is 0. The van der Waals surface area contributed by atoms with Crippen molar-refractivity contribution < 1.29 is 44.2 Å². The predicted octanol–water partition coefficient (Wildman–Crippen LogP) is 6.69. The van der Waals surface area contributed by atoms with Gasteiger partial charge in [0.25, 0.3) is 0 Å². The average Bonchev–Trinajstić information content (AvgIpc) is 3.24. The van der Waals surface area contributed by atoms with E-state index in [1.807, 2.05) is 50.2 Å². The van der Waals surface area contributed by atoms with Gasteiger partial charge in [-0.1, -0.05) is 43.8 Å². The molecule has 6 aromatic heterocycles. The Balaban J connectivity index is 0.000000197. The number of halogens is 3. The van der Waals surface area contributed by atoms with Crippen molar-refractivity contribution in [3.8, 4) is 33.8 Å². The van der Waals surface area contributed by atoms with Gasteiger partial charge >= 0.3 is 29.6 Å². The number of pyridine rings is 3. The van der Waals surface area contributed by atoms with Gasteiger partial charge in [0, 0.05) is 29.8 Å². The molecule has 0 aliphatic heterocycles. The first-order valence-corrected chi connectivity index (χ1v) is 18.2. The molecular weight excluding hydrogens is 777 g/mol. The van der Waals surface area contributed by atoms with Crippen LogP contribution < -0.4 is 45.9 Å². The summed E-state index contributed by atoms with van der Waals surface area (Å²) < 4.78 is 39.8. The zero-order chi connectivity index (χ0) is 40.4. The minimum absolute atomic E-state index is 0. The molecule has 0 radical (unpaired) electrons. The Hall–Kier alpha value is -6.68. The van der Waals surface area contributed by atoms with E-state index in [1.165, 1.54) is 55.4 Å². The molecule has 6 heterocycles. The van der Waals surface area contributed by atoms with Gasteiger partial charge in [0.05, 0.1) is 33.6 Å². The maximum atomic E-state index is 13.3. The zero-order valence-electron chi connectivity index (χ0n) is 33.3. The Morgan fingerprint density at radius 1 is 0.483 bits per heavy atom. The van der Waals surface area contributed by atoms with Gasteiger partial charge in [-0.05, 0) is 86.6 Å². The van der Waals surface area contributed by atoms with Gasteiger partial charge in [-0.25, -0.2) is 58.0 Å². The van der Waals surface area contributed by atoms with Crippen molar-refractivity contribution in [2.75, 3.05) is 29.5 Å². The fraction of sp³-hybridized carbons (Fsp3) is 0.114. The Bertz CT molecular complexity index is 2740. The second-order valence-electron chi connectivity index (χ2n) is 12.5. The molecule has 9 rings (SSSR count). The number of hydrogen-bond acceptors (Lipinski definition) is 12. The van der Waals surface area contributed by atoms with Crippen LogP contribution in [0.5, 0.6) is 0 Å². The van der Waals surface area contributed by atoms with Crippen molar-refractivity contribution in [1.82, 2.24) is 44.9 Å². The number of rotatable bonds is 7. The number of fused-ring (bicyclic) bond motifs is 3. The molecule has 0 aliphatic carbocycles. The Morgan fingerprint density at radius 3 is 1.20 bits per heavy atom. The molecule has 4 N–H and O–H groups in total. The van der Waals surface area contributed by atoms with Gasteiger partial charge in [0.1, 0.15) is 53.0 Å². The summed E-state index contributed by atoms with van der Waals surface area (Å²) in [6.07, 6.45) is 4.40. The topological polar surface area (TPSA) is 166 Å². The number of anilines is 3. The van der Waals surface area contributed by atoms with Crippen LogP contribution in [0.25, 0.3) is 66.9 Å². The van der Waals surface area contributed by atoms with E-state index in [0.29, 0.717) is 62.2 Å². The summed E-state index contributed by atoms with van der Waals surface area (Å²) in [5.41, 5.74) is 14.0. The summed E-state index contributed by atoms with van der Waals surface area (Å²) in [5, 5.41) is 6.31. The van der Waals surface area contributed by atoms with Crippen molar-refractivity contribution in [2.24, 2.45) is 0 Å². The number of nitrogen functional groups attached to an aromatic ring is 1. The van der Waals surface area contributed by atoms with Gasteiger partial charge in [-0.15, -0.1) is 0 Å². The van der Waals surface area contributed by atoms with Crippen LogP contribution in [-0.2, 0) is 0 Å². The maximum Gasteiger partial charge on any atom is 1.00 e. The fourth-order valence-corrected chi connectivity index (χ4v) is 5.86. The molecule has 0 bridgehead atoms. The number of hydrogen-bond donors (Lipinski definition) is 3. The second kappa shape index (κ2) is 20.8. The van der Waals surface area contributed by atoms with Crippen molar-refractivity contribution >= 4 is 50.6 Å². The largest absolute Gasteiger partial charge is 1.00 e. The summed E-state index contributed by atoms with van der Waals surface area (Å²) in [6.45, 7) is 5.48. The molecular formula is C44H40F3N12Na. The smallest absolute Gasteiger partial charge is 1.00 e. The molecule has 0 saturated heterocycles. The first kappa shape index (κ1) is 44.4. The third-order valence-electron chi connectivity index (χ3n) is 8.52. The molecule has 0 atom stereocenters. The Kier molecular flexibility index (Phi) is 15.4. The van der Waals surface area contributed by atoms with Gasteiger partial charge < -0.3 is 17.8 Å². The molecule has 16 heteroatoms. The van der Waals surface area contributed by atoms with E-state index < -0.39 is 0 Å². The van der Waals surface area contributed by atoms with Gasteiger partial charge in [-0.2, -0.15) is 0 Å². The average molecular weight is 817 g/mol. The molecule has 3 aromatic carbocycles. The van der Waals surface area contributed by atoms with Crippen molar-refractivity contribution in [2.45, 2.75) is 21.3 Å². The van der Waals surface area contributed by atoms with Crippen LogP contribution >= 0.6 is 0 Å². The molecule has 0 unspecified atom stereocenters. The molecule has 0 fully saturated rings. The van der Waals surface area contributed by atoms with Crippen LogP contribution in [0.1, 0.15) is 22.7 Å². The number of benzene rings is 3. The van der Waals surface area contributed by atoms with Crippen molar-refractivity contribution in [1.29, 1.82) is 0 Å². The minimum Gasteiger partial charge on any atom is -1.00 e. The number of aromatic nitrogens is 9. The van der Waals surface area contributed by atoms with Crippen LogP contribution in [-0.4, -0.2) is 57.9 Å². The number of nitrogens with one attached hydrogen (secondary N) is 2. The molecule has 0 saturated carbocycles. The number of nitrogens with two attached hydrogens (primary N) is 1. The maximum absolute atomic E-state index is 13.3. The van der Waals surface area contributed by atoms with Crippen LogP contribution in [0, 0.1) is 17.5 Å². The standard InChI is InChI=1S/2C15H13FN4.C13H9FN4.CH4.Na.H/c2*1-2-17-15-14-13(18-9-19-15)7-6-12(20-14)10-4-3-5-11(16)8-10;14-9-3-1-2-8(6-9)10-4-5-11-12(18-10)13(15)17-7-16-11;;;/h2*3-9H,2H2,1H3,(H,17,18,19);1-7H,(H2,15,16,17);1H4;;/q;;;;+1;-1. The molecule has 0 aliphatic rings. The first-order chi connectivity index (χ1) is 28.3. The van der Waals surface area contributed by atoms with Crippen LogP contribution in [0.15, 0.2) is 128 Å². The van der Waals surface area contributed by atoms with E-state index in [2.05, 4.69) is 55.5 Å². The molecule has 12 nitrogen and oxygen atoms in total. The van der Waals surface area contributed by atoms with Gasteiger partial charge in [0.2, 0.25) is 0 Å². The fourth-order valence-electron chi connectivity index (χ4n) is 5.86. The number of nitrogens with zero attached hydrogens (tertiary/aromatic N) is 9. The van der Waals surface area contributed by atoms with Crippen LogP contribution in [0.4, 0.5) is 30.6 Å². The van der Waals surface area contributed by atoms with E-state index in [0.717, 1.165) is 35.2 Å². The summed E-state index contributed by atoms with van der Waals surface area (Å²) in [7, 11) is 0. The SMILES string of the molecule is C.CCNc1ncnc2ccc(-c3cccc(F)c3)nc12.CCNc1ncnc2ccc(-c3cccc(F)c3)nc12.Nc1ncnc2ccc(-c3cccc(F)c3)nc12.[H-].[Na+]. The summed E-state index contributed by atoms with van der Waals surface area (Å²) in [6, 6.07) is 30.0. The molecule has 298 valence electrons. The van der Waals surface area contributed by atoms with E-state index in [-0.39, 0.29) is 55.9 Å². The monoisotopic (exact) mass is 816 g/mol. The van der Waals surface area contributed by atoms with Crippen LogP contribution in [0.2, 0.25) is 0 Å². The molecule has 0 amide bonds. The van der Waals surface area contributed by atoms with E-state index in [9.17, 15) is 13.2 Å². The molecule has 60 heavy (non-hydrogen) atoms. The molecule has 0 spiro atoms. The quantitative estimate of drug-likeness (QED) is 0.146. The van der Waals surface area contributed by atoms with E-state index in [4.69, 9.17) is 5.73 Å². The third kappa shape index (κ3) is 10.7. The summed E-state index contributed by atoms with van der Waals surface area (Å²) in [4.78, 5) is 38.2. The normalized spacial score (nSPS) is 10.3. The minimum atomic E-state index is -0.299. The Labute approximate surface area is 367 Å².